The molecule has 0 spiro atoms. The van der Waals surface area contributed by atoms with Crippen molar-refractivity contribution in [1.29, 1.82) is 0 Å². The topological polar surface area (TPSA) is 109 Å². The van der Waals surface area contributed by atoms with Crippen molar-refractivity contribution < 1.29 is 14.3 Å². The van der Waals surface area contributed by atoms with Gasteiger partial charge < -0.3 is 15.8 Å². The molecule has 7 heteroatoms. The van der Waals surface area contributed by atoms with Gasteiger partial charge in [0, 0.05) is 0 Å². The van der Waals surface area contributed by atoms with E-state index in [1.807, 2.05) is 0 Å². The highest BCUT2D eigenvalue weighted by atomic mass is 19.1. The minimum absolute atomic E-state index is 0.0270. The smallest absolute Gasteiger partial charge is 0.262 e. The molecule has 0 aliphatic rings. The lowest BCUT2D eigenvalue weighted by atomic mass is 10.1. The van der Waals surface area contributed by atoms with E-state index in [0.29, 0.717) is 5.56 Å². The number of aromatic nitrogens is 2. The van der Waals surface area contributed by atoms with Gasteiger partial charge in [-0.15, -0.1) is 0 Å². The van der Waals surface area contributed by atoms with E-state index in [9.17, 15) is 19.1 Å². The highest BCUT2D eigenvalue weighted by Crippen LogP contribution is 2.23. The number of nitrogens with zero attached hydrogens (tertiary/aromatic N) is 1. The fourth-order valence-corrected chi connectivity index (χ4v) is 1.63. The van der Waals surface area contributed by atoms with Crippen LogP contribution in [0.4, 0.5) is 4.39 Å². The average Bonchev–Trinajstić information content (AvgIpc) is 2.29. The SMILES string of the molecule is NC(=O)Cc1nc(O)c(-c2ccc(F)cc2)c(=O)[nH]1. The summed E-state index contributed by atoms with van der Waals surface area (Å²) < 4.78 is 12.8. The number of nitrogens with two attached hydrogens (primary N) is 1. The molecule has 0 saturated carbocycles. The van der Waals surface area contributed by atoms with E-state index in [1.54, 1.807) is 0 Å². The normalized spacial score (nSPS) is 10.4. The van der Waals surface area contributed by atoms with Crippen LogP contribution in [0.15, 0.2) is 29.1 Å². The second-order valence-electron chi connectivity index (χ2n) is 3.86. The van der Waals surface area contributed by atoms with Gasteiger partial charge >= 0.3 is 0 Å². The molecule has 0 atom stereocenters. The van der Waals surface area contributed by atoms with Gasteiger partial charge in [-0.25, -0.2) is 4.39 Å². The van der Waals surface area contributed by atoms with E-state index >= 15 is 0 Å². The largest absolute Gasteiger partial charge is 0.493 e. The summed E-state index contributed by atoms with van der Waals surface area (Å²) in [6.45, 7) is 0. The van der Waals surface area contributed by atoms with Crippen molar-refractivity contribution in [2.24, 2.45) is 5.73 Å². The Hall–Kier alpha value is -2.70. The number of amides is 1. The summed E-state index contributed by atoms with van der Waals surface area (Å²) in [4.78, 5) is 28.6. The van der Waals surface area contributed by atoms with Crippen molar-refractivity contribution >= 4 is 5.91 Å². The van der Waals surface area contributed by atoms with Crippen LogP contribution in [-0.2, 0) is 11.2 Å². The van der Waals surface area contributed by atoms with Gasteiger partial charge in [0.1, 0.15) is 17.2 Å². The van der Waals surface area contributed by atoms with Crippen LogP contribution in [0.1, 0.15) is 5.82 Å². The van der Waals surface area contributed by atoms with Crippen molar-refractivity contribution in [3.05, 3.63) is 46.3 Å². The second-order valence-corrected chi connectivity index (χ2v) is 3.86. The van der Waals surface area contributed by atoms with Crippen LogP contribution in [0, 0.1) is 5.82 Å². The van der Waals surface area contributed by atoms with Gasteiger partial charge in [0.25, 0.3) is 5.56 Å². The molecular formula is C12H10FN3O3. The van der Waals surface area contributed by atoms with Gasteiger partial charge in [-0.3, -0.25) is 9.59 Å². The summed E-state index contributed by atoms with van der Waals surface area (Å²) in [6.07, 6.45) is -0.285. The number of rotatable bonds is 3. The molecule has 4 N–H and O–H groups in total. The second kappa shape index (κ2) is 4.89. The third-order valence-corrected chi connectivity index (χ3v) is 2.42. The zero-order valence-electron chi connectivity index (χ0n) is 9.68. The van der Waals surface area contributed by atoms with Crippen LogP contribution in [0.25, 0.3) is 11.1 Å². The summed E-state index contributed by atoms with van der Waals surface area (Å²) in [7, 11) is 0. The first-order valence-corrected chi connectivity index (χ1v) is 5.34. The number of carbonyl (C=O) groups excluding carboxylic acids is 1. The number of halogens is 1. The molecular weight excluding hydrogens is 253 g/mol. The Kier molecular flexibility index (Phi) is 3.28. The van der Waals surface area contributed by atoms with Crippen LogP contribution in [0.5, 0.6) is 5.88 Å². The Morgan fingerprint density at radius 2 is 2.00 bits per heavy atom. The zero-order valence-corrected chi connectivity index (χ0v) is 9.68. The number of nitrogens with one attached hydrogen (secondary N) is 1. The molecule has 1 aromatic carbocycles. The average molecular weight is 263 g/mol. The molecule has 6 nitrogen and oxygen atoms in total. The van der Waals surface area contributed by atoms with Gasteiger partial charge in [0.2, 0.25) is 11.8 Å². The van der Waals surface area contributed by atoms with E-state index in [1.165, 1.54) is 12.1 Å². The third-order valence-electron chi connectivity index (χ3n) is 2.42. The maximum Gasteiger partial charge on any atom is 0.262 e. The van der Waals surface area contributed by atoms with Crippen molar-refractivity contribution in [3.63, 3.8) is 0 Å². The van der Waals surface area contributed by atoms with E-state index < -0.39 is 23.2 Å². The van der Waals surface area contributed by atoms with Gasteiger partial charge in [-0.1, -0.05) is 12.1 Å². The van der Waals surface area contributed by atoms with Crippen molar-refractivity contribution in [3.8, 4) is 17.0 Å². The summed E-state index contributed by atoms with van der Waals surface area (Å²) in [5, 5.41) is 9.73. The molecule has 0 aliphatic heterocycles. The van der Waals surface area contributed by atoms with Crippen LogP contribution in [0.2, 0.25) is 0 Å². The number of carbonyl (C=O) groups is 1. The summed E-state index contributed by atoms with van der Waals surface area (Å²) >= 11 is 0. The van der Waals surface area contributed by atoms with E-state index in [-0.39, 0.29) is 17.8 Å². The van der Waals surface area contributed by atoms with Gasteiger partial charge in [0.05, 0.1) is 6.42 Å². The highest BCUT2D eigenvalue weighted by molar-refractivity contribution is 5.76. The fourth-order valence-electron chi connectivity index (χ4n) is 1.63. The molecule has 0 fully saturated rings. The quantitative estimate of drug-likeness (QED) is 0.740. The Morgan fingerprint density at radius 3 is 2.53 bits per heavy atom. The first-order chi connectivity index (χ1) is 8.97. The summed E-state index contributed by atoms with van der Waals surface area (Å²) in [5.41, 5.74) is 4.57. The maximum absolute atomic E-state index is 12.8. The predicted molar refractivity (Wildman–Crippen MR) is 64.8 cm³/mol. The van der Waals surface area contributed by atoms with Gasteiger partial charge in [0.15, 0.2) is 0 Å². The van der Waals surface area contributed by atoms with Gasteiger partial charge in [-0.05, 0) is 17.7 Å². The molecule has 1 aromatic heterocycles. The molecule has 0 bridgehead atoms. The fraction of sp³-hybridized carbons (Fsp3) is 0.0833. The van der Waals surface area contributed by atoms with Crippen LogP contribution in [0.3, 0.4) is 0 Å². The standard InChI is InChI=1S/C12H10FN3O3/c13-7-3-1-6(2-4-7)10-11(18)15-9(5-8(14)17)16-12(10)19/h1-4H,5H2,(H2,14,17)(H2,15,16,18,19). The van der Waals surface area contributed by atoms with Crippen molar-refractivity contribution in [2.75, 3.05) is 0 Å². The molecule has 2 aromatic rings. The lowest BCUT2D eigenvalue weighted by molar-refractivity contribution is -0.117. The molecule has 98 valence electrons. The van der Waals surface area contributed by atoms with E-state index in [4.69, 9.17) is 5.73 Å². The Bertz CT molecular complexity index is 680. The molecule has 0 aliphatic carbocycles. The number of benzene rings is 1. The van der Waals surface area contributed by atoms with Crippen molar-refractivity contribution in [1.82, 2.24) is 9.97 Å². The molecule has 19 heavy (non-hydrogen) atoms. The molecule has 0 radical (unpaired) electrons. The van der Waals surface area contributed by atoms with E-state index in [2.05, 4.69) is 9.97 Å². The summed E-state index contributed by atoms with van der Waals surface area (Å²) in [6, 6.07) is 5.00. The predicted octanol–water partition coefficient (Wildman–Crippen LogP) is 0.309. The molecule has 0 unspecified atom stereocenters. The lowest BCUT2D eigenvalue weighted by Crippen LogP contribution is -2.20. The van der Waals surface area contributed by atoms with Crippen LogP contribution in [-0.4, -0.2) is 21.0 Å². The Balaban J connectivity index is 2.50. The number of aromatic hydroxyl groups is 1. The Labute approximate surface area is 106 Å². The molecule has 1 heterocycles. The summed E-state index contributed by atoms with van der Waals surface area (Å²) in [5.74, 6) is -1.71. The zero-order chi connectivity index (χ0) is 14.0. The number of aromatic amines is 1. The monoisotopic (exact) mass is 263 g/mol. The highest BCUT2D eigenvalue weighted by Gasteiger charge is 2.13. The van der Waals surface area contributed by atoms with Gasteiger partial charge in [-0.2, -0.15) is 4.98 Å². The number of hydrogen-bond acceptors (Lipinski definition) is 4. The first-order valence-electron chi connectivity index (χ1n) is 5.34. The minimum Gasteiger partial charge on any atom is -0.493 e. The first kappa shape index (κ1) is 12.7. The lowest BCUT2D eigenvalue weighted by Gasteiger charge is -2.05. The van der Waals surface area contributed by atoms with E-state index in [0.717, 1.165) is 12.1 Å². The Morgan fingerprint density at radius 1 is 1.37 bits per heavy atom. The third kappa shape index (κ3) is 2.76. The molecule has 1 amide bonds. The van der Waals surface area contributed by atoms with Crippen LogP contribution >= 0.6 is 0 Å². The van der Waals surface area contributed by atoms with Crippen LogP contribution < -0.4 is 11.3 Å². The minimum atomic E-state index is -0.683. The molecule has 0 saturated heterocycles. The number of primary amides is 1. The number of H-pyrrole nitrogens is 1. The number of hydrogen-bond donors (Lipinski definition) is 3. The maximum atomic E-state index is 12.8. The van der Waals surface area contributed by atoms with Crippen molar-refractivity contribution in [2.45, 2.75) is 6.42 Å². The molecule has 2 rings (SSSR count).